The van der Waals surface area contributed by atoms with Gasteiger partial charge in [0.15, 0.2) is 0 Å². The molecule has 0 radical (unpaired) electrons. The molecule has 1 aliphatic heterocycles. The number of methoxy groups -OCH3 is 1. The van der Waals surface area contributed by atoms with Gasteiger partial charge in [-0.15, -0.1) is 0 Å². The maximum Gasteiger partial charge on any atom is 0.410 e. The van der Waals surface area contributed by atoms with Crippen molar-refractivity contribution in [3.63, 3.8) is 0 Å². The van der Waals surface area contributed by atoms with E-state index in [2.05, 4.69) is 4.74 Å². The summed E-state index contributed by atoms with van der Waals surface area (Å²) in [4.78, 5) is 36.0. The lowest BCUT2D eigenvalue weighted by atomic mass is 9.89. The van der Waals surface area contributed by atoms with Gasteiger partial charge in [-0.25, -0.2) is 4.79 Å². The number of carbonyl (C=O) groups is 3. The predicted molar refractivity (Wildman–Crippen MR) is 69.1 cm³/mol. The Morgan fingerprint density at radius 2 is 1.70 bits per heavy atom. The summed E-state index contributed by atoms with van der Waals surface area (Å²) in [7, 11) is 1.24. The Morgan fingerprint density at radius 1 is 1.15 bits per heavy atom. The van der Waals surface area contributed by atoms with Crippen molar-refractivity contribution in [1.82, 2.24) is 4.90 Å². The minimum atomic E-state index is -1.04. The number of carbonyl (C=O) groups excluding carboxylic acids is 2. The molecule has 0 aliphatic carbocycles. The second-order valence-electron chi connectivity index (χ2n) is 5.88. The Hall–Kier alpha value is -1.79. The third kappa shape index (κ3) is 4.40. The number of amides is 1. The first kappa shape index (κ1) is 16.3. The predicted octanol–water partition coefficient (Wildman–Crippen LogP) is 1.12. The number of carboxylic acid groups (broad SMARTS) is 1. The van der Waals surface area contributed by atoms with Crippen LogP contribution >= 0.6 is 0 Å². The van der Waals surface area contributed by atoms with Crippen LogP contribution in [0.25, 0.3) is 0 Å². The van der Waals surface area contributed by atoms with Crippen molar-refractivity contribution in [3.05, 3.63) is 0 Å². The molecule has 7 nitrogen and oxygen atoms in total. The van der Waals surface area contributed by atoms with E-state index in [0.29, 0.717) is 0 Å². The molecular formula is C13H21NO6. The van der Waals surface area contributed by atoms with Crippen molar-refractivity contribution in [2.24, 2.45) is 11.8 Å². The van der Waals surface area contributed by atoms with E-state index in [4.69, 9.17) is 9.84 Å². The number of aliphatic carboxylic acids is 1. The quantitative estimate of drug-likeness (QED) is 0.765. The van der Waals surface area contributed by atoms with Gasteiger partial charge in [0.25, 0.3) is 0 Å². The average Bonchev–Trinajstić information content (AvgIpc) is 2.35. The number of nitrogens with zero attached hydrogens (tertiary/aromatic N) is 1. The molecule has 0 aromatic heterocycles. The molecule has 0 aromatic carbocycles. The summed E-state index contributed by atoms with van der Waals surface area (Å²) >= 11 is 0. The van der Waals surface area contributed by atoms with E-state index < -0.39 is 35.5 Å². The molecule has 114 valence electrons. The van der Waals surface area contributed by atoms with Crippen LogP contribution in [0.1, 0.15) is 27.2 Å². The minimum absolute atomic E-state index is 0.0394. The normalized spacial score (nSPS) is 23.1. The molecule has 1 amide bonds. The summed E-state index contributed by atoms with van der Waals surface area (Å²) in [6, 6.07) is 0. The Labute approximate surface area is 117 Å². The SMILES string of the molecule is COC(=O)[C@H]1CC(C(=O)O)CN(C(=O)OC(C)(C)C)C1. The molecule has 1 fully saturated rings. The Bertz CT molecular complexity index is 400. The fourth-order valence-corrected chi connectivity index (χ4v) is 2.09. The molecule has 0 bridgehead atoms. The van der Waals surface area contributed by atoms with Gasteiger partial charge in [0.1, 0.15) is 5.60 Å². The smallest absolute Gasteiger partial charge is 0.410 e. The van der Waals surface area contributed by atoms with Crippen molar-refractivity contribution >= 4 is 18.0 Å². The highest BCUT2D eigenvalue weighted by Crippen LogP contribution is 2.24. The van der Waals surface area contributed by atoms with Crippen LogP contribution in [0.15, 0.2) is 0 Å². The van der Waals surface area contributed by atoms with Gasteiger partial charge in [-0.1, -0.05) is 0 Å². The van der Waals surface area contributed by atoms with E-state index in [-0.39, 0.29) is 19.5 Å². The van der Waals surface area contributed by atoms with Gasteiger partial charge < -0.3 is 19.5 Å². The van der Waals surface area contributed by atoms with E-state index in [1.54, 1.807) is 20.8 Å². The van der Waals surface area contributed by atoms with E-state index in [9.17, 15) is 14.4 Å². The van der Waals surface area contributed by atoms with Crippen LogP contribution in [0.3, 0.4) is 0 Å². The van der Waals surface area contributed by atoms with E-state index >= 15 is 0 Å². The number of esters is 1. The average molecular weight is 287 g/mol. The van der Waals surface area contributed by atoms with Crippen molar-refractivity contribution in [3.8, 4) is 0 Å². The topological polar surface area (TPSA) is 93.1 Å². The van der Waals surface area contributed by atoms with Crippen LogP contribution < -0.4 is 0 Å². The molecule has 1 saturated heterocycles. The minimum Gasteiger partial charge on any atom is -0.481 e. The summed E-state index contributed by atoms with van der Waals surface area (Å²) in [5.41, 5.74) is -0.673. The van der Waals surface area contributed by atoms with Crippen LogP contribution in [-0.4, -0.2) is 53.8 Å². The molecule has 0 spiro atoms. The monoisotopic (exact) mass is 287 g/mol. The van der Waals surface area contributed by atoms with E-state index in [0.717, 1.165) is 0 Å². The first-order valence-electron chi connectivity index (χ1n) is 6.42. The highest BCUT2D eigenvalue weighted by molar-refractivity contribution is 5.78. The van der Waals surface area contributed by atoms with Crippen molar-refractivity contribution in [1.29, 1.82) is 0 Å². The Kier molecular flexibility index (Phi) is 4.97. The lowest BCUT2D eigenvalue weighted by Gasteiger charge is -2.35. The summed E-state index contributed by atoms with van der Waals surface area (Å²) < 4.78 is 9.85. The maximum absolute atomic E-state index is 12.0. The van der Waals surface area contributed by atoms with Gasteiger partial charge in [-0.3, -0.25) is 9.59 Å². The fourth-order valence-electron chi connectivity index (χ4n) is 2.09. The molecule has 1 rings (SSSR count). The Morgan fingerprint density at radius 3 is 2.15 bits per heavy atom. The van der Waals surface area contributed by atoms with Gasteiger partial charge in [-0.05, 0) is 27.2 Å². The number of hydrogen-bond acceptors (Lipinski definition) is 5. The first-order chi connectivity index (χ1) is 9.14. The second kappa shape index (κ2) is 6.11. The molecule has 1 N–H and O–H groups in total. The number of piperidine rings is 1. The highest BCUT2D eigenvalue weighted by Gasteiger charge is 2.38. The lowest BCUT2D eigenvalue weighted by molar-refractivity contribution is -0.151. The number of carboxylic acids is 1. The third-order valence-electron chi connectivity index (χ3n) is 2.99. The molecule has 2 atom stereocenters. The maximum atomic E-state index is 12.0. The third-order valence-corrected chi connectivity index (χ3v) is 2.99. The molecule has 0 saturated carbocycles. The standard InChI is InChI=1S/C13H21NO6/c1-13(2,3)20-12(18)14-6-8(10(15)16)5-9(7-14)11(17)19-4/h8-9H,5-7H2,1-4H3,(H,15,16)/t8?,9-/m0/s1. The zero-order chi connectivity index (χ0) is 15.5. The highest BCUT2D eigenvalue weighted by atomic mass is 16.6. The van der Waals surface area contributed by atoms with Crippen molar-refractivity contribution in [2.75, 3.05) is 20.2 Å². The number of likely N-dealkylation sites (tertiary alicyclic amines) is 1. The van der Waals surface area contributed by atoms with E-state index in [1.807, 2.05) is 0 Å². The number of ether oxygens (including phenoxy) is 2. The zero-order valence-electron chi connectivity index (χ0n) is 12.2. The molecule has 0 aromatic rings. The molecule has 1 unspecified atom stereocenters. The van der Waals surface area contributed by atoms with Gasteiger partial charge in [0.05, 0.1) is 18.9 Å². The summed E-state index contributed by atoms with van der Waals surface area (Å²) in [6.45, 7) is 5.33. The second-order valence-corrected chi connectivity index (χ2v) is 5.88. The summed E-state index contributed by atoms with van der Waals surface area (Å²) in [6.07, 6.45) is -0.446. The first-order valence-corrected chi connectivity index (χ1v) is 6.42. The fraction of sp³-hybridized carbons (Fsp3) is 0.769. The summed E-state index contributed by atoms with van der Waals surface area (Å²) in [5.74, 6) is -2.97. The van der Waals surface area contributed by atoms with E-state index in [1.165, 1.54) is 12.0 Å². The number of hydrogen-bond donors (Lipinski definition) is 1. The molecule has 1 aliphatic rings. The molecular weight excluding hydrogens is 266 g/mol. The Balaban J connectivity index is 2.82. The van der Waals surface area contributed by atoms with Crippen LogP contribution in [0.4, 0.5) is 4.79 Å². The molecule has 7 heteroatoms. The molecule has 20 heavy (non-hydrogen) atoms. The van der Waals surface area contributed by atoms with Gasteiger partial charge in [0.2, 0.25) is 0 Å². The van der Waals surface area contributed by atoms with Crippen LogP contribution in [0, 0.1) is 11.8 Å². The number of rotatable bonds is 2. The van der Waals surface area contributed by atoms with Crippen LogP contribution in [0.2, 0.25) is 0 Å². The van der Waals surface area contributed by atoms with Crippen molar-refractivity contribution in [2.45, 2.75) is 32.8 Å². The van der Waals surface area contributed by atoms with Gasteiger partial charge in [-0.2, -0.15) is 0 Å². The molecule has 1 heterocycles. The zero-order valence-corrected chi connectivity index (χ0v) is 12.2. The lowest BCUT2D eigenvalue weighted by Crippen LogP contribution is -2.49. The largest absolute Gasteiger partial charge is 0.481 e. The van der Waals surface area contributed by atoms with Crippen LogP contribution in [0.5, 0.6) is 0 Å². The van der Waals surface area contributed by atoms with Crippen molar-refractivity contribution < 1.29 is 29.0 Å². The van der Waals surface area contributed by atoms with Gasteiger partial charge >= 0.3 is 18.0 Å². The summed E-state index contributed by atoms with van der Waals surface area (Å²) in [5, 5.41) is 9.11. The van der Waals surface area contributed by atoms with Crippen LogP contribution in [-0.2, 0) is 19.1 Å². The van der Waals surface area contributed by atoms with Gasteiger partial charge in [0, 0.05) is 13.1 Å².